The van der Waals surface area contributed by atoms with Crippen molar-refractivity contribution in [1.29, 1.82) is 0 Å². The van der Waals surface area contributed by atoms with E-state index in [1.54, 1.807) is 0 Å². The maximum atomic E-state index is 12.7. The molecular formula is C12H22FN5O. The van der Waals surface area contributed by atoms with Gasteiger partial charge in [-0.3, -0.25) is 4.79 Å². The van der Waals surface area contributed by atoms with Gasteiger partial charge in [-0.15, -0.1) is 0 Å². The van der Waals surface area contributed by atoms with E-state index in [2.05, 4.69) is 15.0 Å². The number of nitrogens with one attached hydrogen (secondary N) is 2. The Labute approximate surface area is 112 Å². The van der Waals surface area contributed by atoms with Crippen LogP contribution in [0, 0.1) is 5.82 Å². The number of hydrogen-bond acceptors (Lipinski definition) is 4. The second kappa shape index (κ2) is 8.39. The molecule has 0 aliphatic rings. The Morgan fingerprint density at radius 3 is 1.95 bits per heavy atom. The SMILES string of the molecule is CN(C)C.CN(C)C.O=c1[nH]cnc2[nH]cc(F)c12. The first-order chi connectivity index (χ1) is 8.75. The van der Waals surface area contributed by atoms with Crippen molar-refractivity contribution in [2.45, 2.75) is 0 Å². The zero-order chi connectivity index (χ0) is 15.0. The molecule has 0 spiro atoms. The molecular weight excluding hydrogens is 249 g/mol. The standard InChI is InChI=1S/C6H4FN3O.2C3H9N/c7-3-1-8-5-4(3)6(11)10-2-9-5;2*1-4(2)3/h1-2H,(H2,8,9,10,11);2*1-3H3. The minimum atomic E-state index is -0.575. The first kappa shape index (κ1) is 17.3. The van der Waals surface area contributed by atoms with E-state index < -0.39 is 11.4 Å². The van der Waals surface area contributed by atoms with Gasteiger partial charge in [-0.05, 0) is 42.3 Å². The van der Waals surface area contributed by atoms with Crippen molar-refractivity contribution >= 4 is 11.0 Å². The van der Waals surface area contributed by atoms with Gasteiger partial charge in [0.2, 0.25) is 0 Å². The van der Waals surface area contributed by atoms with Crippen LogP contribution in [0.5, 0.6) is 0 Å². The Morgan fingerprint density at radius 2 is 1.53 bits per heavy atom. The van der Waals surface area contributed by atoms with E-state index in [4.69, 9.17) is 0 Å². The molecule has 2 N–H and O–H groups in total. The maximum Gasteiger partial charge on any atom is 0.263 e. The molecule has 19 heavy (non-hydrogen) atoms. The number of halogens is 1. The van der Waals surface area contributed by atoms with Crippen LogP contribution >= 0.6 is 0 Å². The number of H-pyrrole nitrogens is 2. The Balaban J connectivity index is 0.000000342. The molecule has 2 rings (SSSR count). The molecule has 6 nitrogen and oxygen atoms in total. The van der Waals surface area contributed by atoms with E-state index >= 15 is 0 Å². The van der Waals surface area contributed by atoms with E-state index in [0.29, 0.717) is 0 Å². The van der Waals surface area contributed by atoms with Gasteiger partial charge in [-0.1, -0.05) is 0 Å². The normalized spacial score (nSPS) is 9.95. The predicted octanol–water partition coefficient (Wildman–Crippen LogP) is 0.746. The van der Waals surface area contributed by atoms with Gasteiger partial charge in [0.15, 0.2) is 5.82 Å². The van der Waals surface area contributed by atoms with Gasteiger partial charge in [0, 0.05) is 6.20 Å². The summed E-state index contributed by atoms with van der Waals surface area (Å²) in [5, 5.41) is -0.0208. The molecule has 108 valence electrons. The van der Waals surface area contributed by atoms with Crippen LogP contribution in [-0.2, 0) is 0 Å². The Bertz CT molecular complexity index is 521. The molecule has 0 saturated carbocycles. The molecule has 0 bridgehead atoms. The first-order valence-electron chi connectivity index (χ1n) is 5.67. The summed E-state index contributed by atoms with van der Waals surface area (Å²) >= 11 is 0. The smallest absolute Gasteiger partial charge is 0.263 e. The number of rotatable bonds is 0. The lowest BCUT2D eigenvalue weighted by Crippen LogP contribution is -2.05. The summed E-state index contributed by atoms with van der Waals surface area (Å²) in [7, 11) is 12.0. The molecule has 0 fully saturated rings. The summed E-state index contributed by atoms with van der Waals surface area (Å²) in [5.41, 5.74) is -0.194. The Hall–Kier alpha value is -1.73. The number of hydrogen-bond donors (Lipinski definition) is 2. The van der Waals surface area contributed by atoms with Crippen molar-refractivity contribution in [2.24, 2.45) is 0 Å². The third kappa shape index (κ3) is 7.32. The third-order valence-corrected chi connectivity index (χ3v) is 1.43. The topological polar surface area (TPSA) is 68.0 Å². The highest BCUT2D eigenvalue weighted by molar-refractivity contribution is 5.74. The van der Waals surface area contributed by atoms with Gasteiger partial charge in [0.1, 0.15) is 11.0 Å². The lowest BCUT2D eigenvalue weighted by atomic mass is 10.4. The Kier molecular flexibility index (Phi) is 7.62. The van der Waals surface area contributed by atoms with Crippen molar-refractivity contribution in [2.75, 3.05) is 42.3 Å². The van der Waals surface area contributed by atoms with Crippen molar-refractivity contribution in [3.05, 3.63) is 28.7 Å². The first-order valence-corrected chi connectivity index (χ1v) is 5.67. The summed E-state index contributed by atoms with van der Waals surface area (Å²) in [5.74, 6) is -0.575. The van der Waals surface area contributed by atoms with Gasteiger partial charge in [-0.2, -0.15) is 0 Å². The van der Waals surface area contributed by atoms with E-state index in [9.17, 15) is 9.18 Å². The minimum Gasteiger partial charge on any atom is -0.343 e. The van der Waals surface area contributed by atoms with Crippen LogP contribution in [0.2, 0.25) is 0 Å². The third-order valence-electron chi connectivity index (χ3n) is 1.43. The number of nitrogens with zero attached hydrogens (tertiary/aromatic N) is 3. The van der Waals surface area contributed by atoms with Gasteiger partial charge >= 0.3 is 0 Å². The highest BCUT2D eigenvalue weighted by Crippen LogP contribution is 2.07. The minimum absolute atomic E-state index is 0.0208. The summed E-state index contributed by atoms with van der Waals surface area (Å²) in [6, 6.07) is 0. The van der Waals surface area contributed by atoms with Crippen molar-refractivity contribution in [3.63, 3.8) is 0 Å². The molecule has 2 aromatic rings. The fourth-order valence-electron chi connectivity index (χ4n) is 0.935. The molecule has 0 amide bonds. The van der Waals surface area contributed by atoms with Crippen molar-refractivity contribution in [3.8, 4) is 0 Å². The summed E-state index contributed by atoms with van der Waals surface area (Å²) in [4.78, 5) is 23.4. The van der Waals surface area contributed by atoms with Crippen molar-refractivity contribution in [1.82, 2.24) is 24.8 Å². The predicted molar refractivity (Wildman–Crippen MR) is 75.9 cm³/mol. The molecule has 0 aromatic carbocycles. The fraction of sp³-hybridized carbons (Fsp3) is 0.500. The largest absolute Gasteiger partial charge is 0.343 e. The fourth-order valence-corrected chi connectivity index (χ4v) is 0.935. The van der Waals surface area contributed by atoms with Crippen LogP contribution in [0.15, 0.2) is 17.3 Å². The van der Waals surface area contributed by atoms with E-state index in [1.165, 1.54) is 6.33 Å². The maximum absolute atomic E-state index is 12.7. The monoisotopic (exact) mass is 271 g/mol. The molecule has 0 saturated heterocycles. The number of aromatic amines is 2. The van der Waals surface area contributed by atoms with Gasteiger partial charge in [0.25, 0.3) is 5.56 Å². The van der Waals surface area contributed by atoms with E-state index in [1.807, 2.05) is 52.1 Å². The van der Waals surface area contributed by atoms with Crippen LogP contribution in [-0.4, -0.2) is 67.0 Å². The Morgan fingerprint density at radius 1 is 1.05 bits per heavy atom. The summed E-state index contributed by atoms with van der Waals surface area (Å²) < 4.78 is 12.7. The average Bonchev–Trinajstić information content (AvgIpc) is 2.60. The lowest BCUT2D eigenvalue weighted by molar-refractivity contribution is 0.505. The molecule has 2 heterocycles. The molecule has 7 heteroatoms. The molecule has 0 aliphatic heterocycles. The average molecular weight is 271 g/mol. The zero-order valence-electron chi connectivity index (χ0n) is 12.3. The highest BCUT2D eigenvalue weighted by atomic mass is 19.1. The highest BCUT2D eigenvalue weighted by Gasteiger charge is 2.06. The molecule has 2 aromatic heterocycles. The number of aromatic nitrogens is 3. The molecule has 0 unspecified atom stereocenters. The molecule has 0 aliphatic carbocycles. The van der Waals surface area contributed by atoms with E-state index in [0.717, 1.165) is 6.20 Å². The van der Waals surface area contributed by atoms with Gasteiger partial charge < -0.3 is 19.8 Å². The molecule has 0 radical (unpaired) electrons. The van der Waals surface area contributed by atoms with Crippen LogP contribution in [0.3, 0.4) is 0 Å². The second-order valence-corrected chi connectivity index (χ2v) is 4.78. The lowest BCUT2D eigenvalue weighted by Gasteiger charge is -1.90. The van der Waals surface area contributed by atoms with Gasteiger partial charge in [0.05, 0.1) is 6.33 Å². The van der Waals surface area contributed by atoms with Gasteiger partial charge in [-0.25, -0.2) is 9.37 Å². The van der Waals surface area contributed by atoms with Crippen LogP contribution in [0.4, 0.5) is 4.39 Å². The van der Waals surface area contributed by atoms with Crippen LogP contribution in [0.25, 0.3) is 11.0 Å². The van der Waals surface area contributed by atoms with Crippen LogP contribution < -0.4 is 5.56 Å². The second-order valence-electron chi connectivity index (χ2n) is 4.78. The van der Waals surface area contributed by atoms with Crippen molar-refractivity contribution < 1.29 is 4.39 Å². The number of fused-ring (bicyclic) bond motifs is 1. The zero-order valence-corrected chi connectivity index (χ0v) is 12.3. The van der Waals surface area contributed by atoms with E-state index in [-0.39, 0.29) is 11.0 Å². The van der Waals surface area contributed by atoms with Crippen LogP contribution in [0.1, 0.15) is 0 Å². The molecule has 0 atom stereocenters. The summed E-state index contributed by atoms with van der Waals surface area (Å²) in [6.07, 6.45) is 2.33. The quantitative estimate of drug-likeness (QED) is 0.742. The summed E-state index contributed by atoms with van der Waals surface area (Å²) in [6.45, 7) is 0.